The van der Waals surface area contributed by atoms with Crippen LogP contribution in [-0.4, -0.2) is 130 Å². The highest BCUT2D eigenvalue weighted by atomic mass is 33.1. The number of esters is 1. The van der Waals surface area contributed by atoms with Crippen molar-refractivity contribution in [2.24, 2.45) is 5.73 Å². The largest absolute Gasteiger partial charge is 0.490 e. The molecule has 301 valence electrons. The minimum absolute atomic E-state index is 0.00992. The lowest BCUT2D eigenvalue weighted by molar-refractivity contribution is -0.126. The predicted octanol–water partition coefficient (Wildman–Crippen LogP) is 3.76. The van der Waals surface area contributed by atoms with Gasteiger partial charge in [0.2, 0.25) is 5.91 Å². The Balaban J connectivity index is 1.34. The molecule has 0 aliphatic carbocycles. The summed E-state index contributed by atoms with van der Waals surface area (Å²) in [5.41, 5.74) is 5.62. The van der Waals surface area contributed by atoms with E-state index in [1.165, 1.54) is 21.6 Å². The van der Waals surface area contributed by atoms with Crippen molar-refractivity contribution in [1.82, 2.24) is 10.6 Å². The number of ether oxygens (including phenoxy) is 6. The lowest BCUT2D eigenvalue weighted by atomic mass is 9.71. The van der Waals surface area contributed by atoms with E-state index in [1.54, 1.807) is 77.4 Å². The topological polar surface area (TPSA) is 177 Å². The van der Waals surface area contributed by atoms with Gasteiger partial charge in [0, 0.05) is 29.4 Å². The third-order valence-corrected chi connectivity index (χ3v) is 12.5. The number of nitrogens with one attached hydrogen (secondary N) is 2. The number of carbonyl (C=O) groups is 3. The van der Waals surface area contributed by atoms with Crippen LogP contribution in [0.25, 0.3) is 0 Å². The average Bonchev–Trinajstić information content (AvgIpc) is 3.57. The lowest BCUT2D eigenvalue weighted by Gasteiger charge is -2.23. The molecular formula is C37H51BN3O10S4. The number of amides is 2. The predicted molar refractivity (Wildman–Crippen MR) is 222 cm³/mol. The fourth-order valence-electron chi connectivity index (χ4n) is 4.63. The molecule has 1 aliphatic heterocycles. The highest BCUT2D eigenvalue weighted by molar-refractivity contribution is 8.77. The van der Waals surface area contributed by atoms with Crippen LogP contribution in [0.4, 0.5) is 0 Å². The van der Waals surface area contributed by atoms with Crippen LogP contribution >= 0.6 is 43.2 Å². The Morgan fingerprint density at radius 2 is 1.82 bits per heavy atom. The van der Waals surface area contributed by atoms with Gasteiger partial charge in [-0.15, -0.1) is 0 Å². The molecule has 1 heterocycles. The molecule has 1 fully saturated rings. The number of rotatable bonds is 24. The van der Waals surface area contributed by atoms with Gasteiger partial charge in [0.25, 0.3) is 13.2 Å². The van der Waals surface area contributed by atoms with Crippen molar-refractivity contribution in [2.45, 2.75) is 61.0 Å². The zero-order chi connectivity index (χ0) is 39.9. The summed E-state index contributed by atoms with van der Waals surface area (Å²) in [6.07, 6.45) is 1.38. The van der Waals surface area contributed by atoms with Crippen molar-refractivity contribution < 1.29 is 47.9 Å². The van der Waals surface area contributed by atoms with Crippen molar-refractivity contribution in [3.63, 3.8) is 0 Å². The molecule has 13 nitrogen and oxygen atoms in total. The molecule has 1 aliphatic rings. The molecule has 5 atom stereocenters. The van der Waals surface area contributed by atoms with E-state index in [9.17, 15) is 19.5 Å². The molecule has 55 heavy (non-hydrogen) atoms. The fraction of sp³-hybridized carbons (Fsp3) is 0.541. The van der Waals surface area contributed by atoms with E-state index in [4.69, 9.17) is 34.2 Å². The van der Waals surface area contributed by atoms with E-state index < -0.39 is 23.6 Å². The maximum absolute atomic E-state index is 12.4. The highest BCUT2D eigenvalue weighted by Gasteiger charge is 2.37. The minimum atomic E-state index is -0.559. The molecule has 2 aromatic rings. The van der Waals surface area contributed by atoms with Gasteiger partial charge in [0.1, 0.15) is 42.5 Å². The van der Waals surface area contributed by atoms with Crippen LogP contribution in [0.5, 0.6) is 5.75 Å². The molecular weight excluding hydrogens is 785 g/mol. The fourth-order valence-corrected chi connectivity index (χ4v) is 8.30. The molecule has 0 bridgehead atoms. The van der Waals surface area contributed by atoms with Gasteiger partial charge in [-0.3, -0.25) is 9.59 Å². The van der Waals surface area contributed by atoms with Crippen LogP contribution in [0.2, 0.25) is 0 Å². The van der Waals surface area contributed by atoms with Crippen LogP contribution in [0.3, 0.4) is 0 Å². The molecule has 0 saturated carbocycles. The quantitative estimate of drug-likeness (QED) is 0.0300. The number of aliphatic hydroxyl groups is 1. The van der Waals surface area contributed by atoms with Crippen LogP contribution in [-0.2, 0) is 28.5 Å². The second kappa shape index (κ2) is 26.4. The maximum Gasteiger partial charge on any atom is 0.338 e. The average molecular weight is 837 g/mol. The first kappa shape index (κ1) is 46.8. The number of benzene rings is 2. The second-order valence-electron chi connectivity index (χ2n) is 12.8. The molecule has 0 aromatic heterocycles. The summed E-state index contributed by atoms with van der Waals surface area (Å²) in [7, 11) is 7.79. The second-order valence-corrected chi connectivity index (χ2v) is 18.6. The molecule has 3 rings (SSSR count). The molecule has 2 amide bonds. The monoisotopic (exact) mass is 836 g/mol. The Morgan fingerprint density at radius 3 is 2.55 bits per heavy atom. The smallest absolute Gasteiger partial charge is 0.338 e. The van der Waals surface area contributed by atoms with Crippen LogP contribution in [0.1, 0.15) is 47.9 Å². The molecule has 2 unspecified atom stereocenters. The SMILES string of the molecule is CSS[C@@H](COC(=O)c1ccccc1)O[C@@H]1C[C@H]([B]C#CCNC(=O)COCCOC(COc2cccc(C(=O)NCCN)c2)SSC(C)(C)C)OC1CO. The van der Waals surface area contributed by atoms with E-state index in [1.807, 2.05) is 12.3 Å². The van der Waals surface area contributed by atoms with Gasteiger partial charge in [-0.2, -0.15) is 5.82 Å². The third-order valence-electron chi connectivity index (χ3n) is 7.13. The van der Waals surface area contributed by atoms with Gasteiger partial charge < -0.3 is 49.9 Å². The number of carbonyl (C=O) groups excluding carboxylic acids is 3. The first-order valence-electron chi connectivity index (χ1n) is 17.7. The zero-order valence-electron chi connectivity index (χ0n) is 31.6. The van der Waals surface area contributed by atoms with Crippen molar-refractivity contribution in [1.29, 1.82) is 0 Å². The summed E-state index contributed by atoms with van der Waals surface area (Å²) < 4.78 is 35.0. The van der Waals surface area contributed by atoms with Gasteiger partial charge in [-0.25, -0.2) is 4.79 Å². The van der Waals surface area contributed by atoms with E-state index in [2.05, 4.69) is 43.1 Å². The molecule has 5 N–H and O–H groups in total. The number of hydrogen-bond donors (Lipinski definition) is 4. The molecule has 1 radical (unpaired) electrons. The summed E-state index contributed by atoms with van der Waals surface area (Å²) in [6, 6.07) is 15.3. The normalized spacial score (nSPS) is 17.7. The van der Waals surface area contributed by atoms with Gasteiger partial charge in [0.05, 0.1) is 38.0 Å². The minimum Gasteiger partial charge on any atom is -0.490 e. The van der Waals surface area contributed by atoms with E-state index in [-0.39, 0.29) is 74.2 Å². The van der Waals surface area contributed by atoms with Crippen molar-refractivity contribution in [3.05, 3.63) is 65.7 Å². The van der Waals surface area contributed by atoms with Crippen LogP contribution in [0.15, 0.2) is 54.6 Å². The number of hydrogen-bond acceptors (Lipinski definition) is 15. The van der Waals surface area contributed by atoms with E-state index in [0.29, 0.717) is 36.4 Å². The molecule has 18 heteroatoms. The first-order valence-corrected chi connectivity index (χ1v) is 22.5. The van der Waals surface area contributed by atoms with Gasteiger partial charge >= 0.3 is 5.97 Å². The van der Waals surface area contributed by atoms with Gasteiger partial charge in [0.15, 0.2) is 0 Å². The lowest BCUT2D eigenvalue weighted by Crippen LogP contribution is -2.32. The Kier molecular flexibility index (Phi) is 22.4. The van der Waals surface area contributed by atoms with E-state index in [0.717, 1.165) is 0 Å². The van der Waals surface area contributed by atoms with Crippen molar-refractivity contribution in [2.75, 3.05) is 65.5 Å². The van der Waals surface area contributed by atoms with Crippen LogP contribution in [0, 0.1) is 11.7 Å². The summed E-state index contributed by atoms with van der Waals surface area (Å²) in [5.74, 6) is 5.35. The first-order chi connectivity index (χ1) is 26.5. The standard InChI is InChI=1S/C37H51BN3O10S4/c1-37(2,3)55-54-33(24-48-28-13-8-12-27(20-28)35(44)41-17-15-39)47-19-18-46-23-32(43)40-16-9-14-38-31-21-29(30(22-42)50-31)51-34(53-52-4)25-49-36(45)26-10-6-5-7-11-26/h5-8,10-13,20,29-31,33-34,42H,15-19,21-25,39H2,1-4H3,(H,40,43)(H,41,44)/t29-,30?,31-,33?,34+/m1/s1. The molecule has 0 spiro atoms. The van der Waals surface area contributed by atoms with E-state index >= 15 is 0 Å². The third kappa shape index (κ3) is 19.4. The number of nitrogens with two attached hydrogens (primary N) is 1. The summed E-state index contributed by atoms with van der Waals surface area (Å²) >= 11 is 0. The number of aliphatic hydroxyl groups excluding tert-OH is 1. The molecule has 2 aromatic carbocycles. The van der Waals surface area contributed by atoms with Crippen molar-refractivity contribution in [3.8, 4) is 17.5 Å². The Bertz CT molecular complexity index is 1520. The Labute approximate surface area is 340 Å². The molecule has 1 saturated heterocycles. The Hall–Kier alpha value is -2.57. The van der Waals surface area contributed by atoms with Gasteiger partial charge in [-0.1, -0.05) is 94.1 Å². The summed E-state index contributed by atoms with van der Waals surface area (Å²) in [6.45, 7) is 7.50. The Morgan fingerprint density at radius 1 is 1.04 bits per heavy atom. The summed E-state index contributed by atoms with van der Waals surface area (Å²) in [5, 5.41) is 15.3. The van der Waals surface area contributed by atoms with Gasteiger partial charge in [-0.05, 0) is 43.0 Å². The van der Waals surface area contributed by atoms with Crippen molar-refractivity contribution >= 4 is 68.2 Å². The zero-order valence-corrected chi connectivity index (χ0v) is 34.8. The summed E-state index contributed by atoms with van der Waals surface area (Å²) in [4.78, 5) is 37.0. The maximum atomic E-state index is 12.4. The highest BCUT2D eigenvalue weighted by Crippen LogP contribution is 2.38. The van der Waals surface area contributed by atoms with Crippen LogP contribution < -0.4 is 21.1 Å².